The lowest BCUT2D eigenvalue weighted by molar-refractivity contribution is 0.0936. The molecular formula is C15H19N3O. The molecule has 4 nitrogen and oxygen atoms in total. The first-order chi connectivity index (χ1) is 9.24. The van der Waals surface area contributed by atoms with Crippen LogP contribution in [-0.2, 0) is 0 Å². The summed E-state index contributed by atoms with van der Waals surface area (Å²) in [5, 5.41) is 3.93. The Kier molecular flexibility index (Phi) is 4.47. The maximum Gasteiger partial charge on any atom is 0.251 e. The second kappa shape index (κ2) is 6.29. The smallest absolute Gasteiger partial charge is 0.251 e. The standard InChI is InChI=1S/C15H19N3O/c1-2-4-13(10-16)18-15(19)12-6-7-14-11(9-12)5-3-8-17-14/h3,5-9,13H,2,4,10,16H2,1H3,(H,18,19). The number of fused-ring (bicyclic) bond motifs is 1. The molecule has 1 aromatic carbocycles. The Bertz CT molecular complexity index is 568. The van der Waals surface area contributed by atoms with Crippen molar-refractivity contribution in [3.8, 4) is 0 Å². The van der Waals surface area contributed by atoms with Crippen molar-refractivity contribution in [1.29, 1.82) is 0 Å². The molecule has 2 aromatic rings. The van der Waals surface area contributed by atoms with Gasteiger partial charge in [-0.3, -0.25) is 9.78 Å². The lowest BCUT2D eigenvalue weighted by Crippen LogP contribution is -2.40. The molecule has 2 rings (SSSR count). The molecule has 0 fully saturated rings. The van der Waals surface area contributed by atoms with Crippen LogP contribution >= 0.6 is 0 Å². The van der Waals surface area contributed by atoms with E-state index in [-0.39, 0.29) is 11.9 Å². The average Bonchev–Trinajstić information content (AvgIpc) is 2.46. The molecule has 0 saturated heterocycles. The highest BCUT2D eigenvalue weighted by Crippen LogP contribution is 2.13. The third kappa shape index (κ3) is 3.29. The van der Waals surface area contributed by atoms with E-state index in [2.05, 4.69) is 17.2 Å². The Morgan fingerprint density at radius 2 is 2.26 bits per heavy atom. The summed E-state index contributed by atoms with van der Waals surface area (Å²) in [6, 6.07) is 9.38. The van der Waals surface area contributed by atoms with E-state index in [0.717, 1.165) is 23.7 Å². The Morgan fingerprint density at radius 1 is 1.42 bits per heavy atom. The predicted octanol–water partition coefficient (Wildman–Crippen LogP) is 2.09. The minimum absolute atomic E-state index is 0.0436. The fourth-order valence-electron chi connectivity index (χ4n) is 2.08. The number of nitrogens with one attached hydrogen (secondary N) is 1. The van der Waals surface area contributed by atoms with E-state index < -0.39 is 0 Å². The third-order valence-electron chi connectivity index (χ3n) is 3.12. The second-order valence-electron chi connectivity index (χ2n) is 4.61. The predicted molar refractivity (Wildman–Crippen MR) is 77.0 cm³/mol. The number of carbonyl (C=O) groups is 1. The van der Waals surface area contributed by atoms with Crippen LogP contribution in [0.4, 0.5) is 0 Å². The molecule has 19 heavy (non-hydrogen) atoms. The number of nitrogens with two attached hydrogens (primary N) is 1. The Labute approximate surface area is 113 Å². The zero-order valence-electron chi connectivity index (χ0n) is 11.1. The van der Waals surface area contributed by atoms with E-state index in [1.165, 1.54) is 0 Å². The molecule has 1 heterocycles. The van der Waals surface area contributed by atoms with E-state index >= 15 is 0 Å². The Morgan fingerprint density at radius 3 is 3.00 bits per heavy atom. The number of aromatic nitrogens is 1. The fourth-order valence-corrected chi connectivity index (χ4v) is 2.08. The zero-order chi connectivity index (χ0) is 13.7. The van der Waals surface area contributed by atoms with Gasteiger partial charge in [-0.15, -0.1) is 0 Å². The summed E-state index contributed by atoms with van der Waals surface area (Å²) < 4.78 is 0. The van der Waals surface area contributed by atoms with E-state index in [1.807, 2.05) is 24.3 Å². The molecule has 0 bridgehead atoms. The second-order valence-corrected chi connectivity index (χ2v) is 4.61. The molecule has 0 radical (unpaired) electrons. The van der Waals surface area contributed by atoms with Gasteiger partial charge >= 0.3 is 0 Å². The molecule has 1 aromatic heterocycles. The number of rotatable bonds is 5. The molecule has 1 unspecified atom stereocenters. The number of hydrogen-bond donors (Lipinski definition) is 2. The SMILES string of the molecule is CCCC(CN)NC(=O)c1ccc2ncccc2c1. The van der Waals surface area contributed by atoms with E-state index in [0.29, 0.717) is 12.1 Å². The highest BCUT2D eigenvalue weighted by molar-refractivity contribution is 5.98. The number of carbonyl (C=O) groups excluding carboxylic acids is 1. The van der Waals surface area contributed by atoms with Crippen LogP contribution in [0.1, 0.15) is 30.1 Å². The van der Waals surface area contributed by atoms with Gasteiger partial charge in [0.15, 0.2) is 0 Å². The summed E-state index contributed by atoms with van der Waals surface area (Å²) in [6.07, 6.45) is 3.65. The fraction of sp³-hybridized carbons (Fsp3) is 0.333. The summed E-state index contributed by atoms with van der Waals surface area (Å²) in [5.74, 6) is -0.0744. The number of benzene rings is 1. The van der Waals surface area contributed by atoms with Gasteiger partial charge in [0.1, 0.15) is 0 Å². The maximum atomic E-state index is 12.1. The third-order valence-corrected chi connectivity index (χ3v) is 3.12. The molecule has 1 atom stereocenters. The maximum absolute atomic E-state index is 12.1. The Hall–Kier alpha value is -1.94. The van der Waals surface area contributed by atoms with Gasteiger partial charge in [-0.05, 0) is 30.7 Å². The lowest BCUT2D eigenvalue weighted by Gasteiger charge is -2.16. The molecule has 1 amide bonds. The van der Waals surface area contributed by atoms with Crippen LogP contribution in [0.5, 0.6) is 0 Å². The van der Waals surface area contributed by atoms with Crippen molar-refractivity contribution >= 4 is 16.8 Å². The lowest BCUT2D eigenvalue weighted by atomic mass is 10.1. The quantitative estimate of drug-likeness (QED) is 0.861. The molecule has 0 aliphatic carbocycles. The van der Waals surface area contributed by atoms with Crippen LogP contribution in [0, 0.1) is 0 Å². The summed E-state index contributed by atoms with van der Waals surface area (Å²) in [7, 11) is 0. The first-order valence-electron chi connectivity index (χ1n) is 6.60. The summed E-state index contributed by atoms with van der Waals surface area (Å²) >= 11 is 0. The van der Waals surface area contributed by atoms with Gasteiger partial charge in [0.05, 0.1) is 5.52 Å². The highest BCUT2D eigenvalue weighted by atomic mass is 16.1. The van der Waals surface area contributed by atoms with Crippen molar-refractivity contribution < 1.29 is 4.79 Å². The number of pyridine rings is 1. The van der Waals surface area contributed by atoms with E-state index in [1.54, 1.807) is 12.3 Å². The molecule has 4 heteroatoms. The van der Waals surface area contributed by atoms with Gasteiger partial charge in [0.25, 0.3) is 5.91 Å². The van der Waals surface area contributed by atoms with Gasteiger partial charge < -0.3 is 11.1 Å². The van der Waals surface area contributed by atoms with Crippen molar-refractivity contribution in [3.05, 3.63) is 42.1 Å². The first-order valence-corrected chi connectivity index (χ1v) is 6.60. The summed E-state index contributed by atoms with van der Waals surface area (Å²) in [6.45, 7) is 2.55. The largest absolute Gasteiger partial charge is 0.348 e. The molecule has 3 N–H and O–H groups in total. The normalized spacial score (nSPS) is 12.3. The molecule has 100 valence electrons. The number of amides is 1. The van der Waals surface area contributed by atoms with Gasteiger partial charge in [-0.25, -0.2) is 0 Å². The van der Waals surface area contributed by atoms with Crippen molar-refractivity contribution in [2.24, 2.45) is 5.73 Å². The minimum atomic E-state index is -0.0744. The molecule has 0 aliphatic heterocycles. The molecule has 0 saturated carbocycles. The van der Waals surface area contributed by atoms with Crippen molar-refractivity contribution in [3.63, 3.8) is 0 Å². The van der Waals surface area contributed by atoms with Gasteiger partial charge in [0, 0.05) is 29.7 Å². The Balaban J connectivity index is 2.16. The highest BCUT2D eigenvalue weighted by Gasteiger charge is 2.12. The number of hydrogen-bond acceptors (Lipinski definition) is 3. The monoisotopic (exact) mass is 257 g/mol. The van der Waals surface area contributed by atoms with Crippen LogP contribution in [0.25, 0.3) is 10.9 Å². The first kappa shape index (κ1) is 13.5. The van der Waals surface area contributed by atoms with Crippen LogP contribution < -0.4 is 11.1 Å². The average molecular weight is 257 g/mol. The van der Waals surface area contributed by atoms with Crippen molar-refractivity contribution in [2.45, 2.75) is 25.8 Å². The minimum Gasteiger partial charge on any atom is -0.348 e. The summed E-state index contributed by atoms with van der Waals surface area (Å²) in [4.78, 5) is 16.4. The van der Waals surface area contributed by atoms with Crippen LogP contribution in [0.3, 0.4) is 0 Å². The van der Waals surface area contributed by atoms with E-state index in [4.69, 9.17) is 5.73 Å². The van der Waals surface area contributed by atoms with E-state index in [9.17, 15) is 4.79 Å². The van der Waals surface area contributed by atoms with Crippen LogP contribution in [-0.4, -0.2) is 23.5 Å². The van der Waals surface area contributed by atoms with Crippen molar-refractivity contribution in [2.75, 3.05) is 6.54 Å². The molecule has 0 aliphatic rings. The van der Waals surface area contributed by atoms with Crippen LogP contribution in [0.2, 0.25) is 0 Å². The van der Waals surface area contributed by atoms with Gasteiger partial charge in [0.2, 0.25) is 0 Å². The topological polar surface area (TPSA) is 68.0 Å². The molecular weight excluding hydrogens is 238 g/mol. The zero-order valence-corrected chi connectivity index (χ0v) is 11.1. The van der Waals surface area contributed by atoms with Crippen molar-refractivity contribution in [1.82, 2.24) is 10.3 Å². The van der Waals surface area contributed by atoms with Gasteiger partial charge in [-0.2, -0.15) is 0 Å². The van der Waals surface area contributed by atoms with Crippen LogP contribution in [0.15, 0.2) is 36.5 Å². The van der Waals surface area contributed by atoms with Gasteiger partial charge in [-0.1, -0.05) is 19.4 Å². The molecule has 0 spiro atoms. The summed E-state index contributed by atoms with van der Waals surface area (Å²) in [5.41, 5.74) is 7.19. The number of nitrogens with zero attached hydrogens (tertiary/aromatic N) is 1.